The second-order valence-corrected chi connectivity index (χ2v) is 12.1. The van der Waals surface area contributed by atoms with Crippen molar-refractivity contribution in [1.82, 2.24) is 0 Å². The highest BCUT2D eigenvalue weighted by molar-refractivity contribution is 5.65. The van der Waals surface area contributed by atoms with E-state index in [0.717, 1.165) is 38.5 Å². The maximum Gasteiger partial charge on any atom is 0.248 e. The Labute approximate surface area is 279 Å². The van der Waals surface area contributed by atoms with Crippen LogP contribution in [0.2, 0.25) is 0 Å². The molecule has 0 aliphatic carbocycles. The Bertz CT molecular complexity index is 1310. The van der Waals surface area contributed by atoms with Gasteiger partial charge in [-0.3, -0.25) is 10.1 Å². The predicted molar refractivity (Wildman–Crippen MR) is 178 cm³/mol. The van der Waals surface area contributed by atoms with Gasteiger partial charge in [-0.25, -0.2) is 0 Å². The van der Waals surface area contributed by atoms with Crippen molar-refractivity contribution in [3.63, 3.8) is 0 Å². The fourth-order valence-electron chi connectivity index (χ4n) is 6.04. The SMILES string of the molecule is CCCCCOc1cc(C(C#N)(CCC(O)C(CC2Oc3ccccc3O2)[N+](=O)[O-])C(C)CC)c(OCCCCC)c(OC)c1OC. The van der Waals surface area contributed by atoms with E-state index in [9.17, 15) is 20.5 Å². The maximum atomic E-state index is 12.2. The largest absolute Gasteiger partial charge is 0.490 e. The number of nitro groups is 1. The molecule has 3 rings (SSSR count). The van der Waals surface area contributed by atoms with Gasteiger partial charge in [-0.2, -0.15) is 5.26 Å². The van der Waals surface area contributed by atoms with Gasteiger partial charge in [0.05, 0.1) is 45.3 Å². The van der Waals surface area contributed by atoms with Crippen molar-refractivity contribution in [3.8, 4) is 40.6 Å². The van der Waals surface area contributed by atoms with Crippen molar-refractivity contribution in [3.05, 3.63) is 46.0 Å². The third-order valence-electron chi connectivity index (χ3n) is 9.05. The standard InChI is InChI=1S/C36H52N2O9/c1-7-10-14-20-44-31-22-26(33(45-21-15-11-8-2)35(43-6)34(31)42-5)36(24-37,25(4)9-3)19-18-28(39)27(38(40)41)23-32-46-29-16-12-13-17-30(29)47-32/h12-13,16-17,22,25,27-28,32,39H,7-11,14-15,18-21,23H2,1-6H3. The molecule has 2 aromatic rings. The van der Waals surface area contributed by atoms with Crippen molar-refractivity contribution < 1.29 is 38.5 Å². The zero-order chi connectivity index (χ0) is 34.4. The van der Waals surface area contributed by atoms with Gasteiger partial charge in [0.1, 0.15) is 6.10 Å². The lowest BCUT2D eigenvalue weighted by atomic mass is 9.67. The van der Waals surface area contributed by atoms with Crippen LogP contribution in [-0.4, -0.2) is 55.9 Å². The zero-order valence-electron chi connectivity index (χ0n) is 28.8. The van der Waals surface area contributed by atoms with Crippen molar-refractivity contribution in [2.75, 3.05) is 27.4 Å². The smallest absolute Gasteiger partial charge is 0.248 e. The van der Waals surface area contributed by atoms with Crippen LogP contribution < -0.4 is 28.4 Å². The number of hydrogen-bond acceptors (Lipinski definition) is 10. The van der Waals surface area contributed by atoms with Crippen LogP contribution in [0.25, 0.3) is 0 Å². The summed E-state index contributed by atoms with van der Waals surface area (Å²) in [5, 5.41) is 34.6. The summed E-state index contributed by atoms with van der Waals surface area (Å²) in [6.45, 7) is 9.03. The monoisotopic (exact) mass is 656 g/mol. The molecule has 0 saturated heterocycles. The summed E-state index contributed by atoms with van der Waals surface area (Å²) < 4.78 is 35.8. The third kappa shape index (κ3) is 9.13. The predicted octanol–water partition coefficient (Wildman–Crippen LogP) is 7.62. The molecule has 260 valence electrons. The summed E-state index contributed by atoms with van der Waals surface area (Å²) in [6, 6.07) is 10.0. The second kappa shape index (κ2) is 18.4. The molecular weight excluding hydrogens is 604 g/mol. The average molecular weight is 657 g/mol. The highest BCUT2D eigenvalue weighted by atomic mass is 16.7. The third-order valence-corrected chi connectivity index (χ3v) is 9.05. The summed E-state index contributed by atoms with van der Waals surface area (Å²) in [7, 11) is 3.06. The van der Waals surface area contributed by atoms with Crippen LogP contribution >= 0.6 is 0 Å². The lowest BCUT2D eigenvalue weighted by Crippen LogP contribution is -2.41. The lowest BCUT2D eigenvalue weighted by Gasteiger charge is -2.36. The molecular formula is C36H52N2O9. The first-order chi connectivity index (χ1) is 22.7. The van der Waals surface area contributed by atoms with Gasteiger partial charge in [0.25, 0.3) is 0 Å². The molecule has 0 aromatic heterocycles. The molecule has 1 aliphatic rings. The summed E-state index contributed by atoms with van der Waals surface area (Å²) >= 11 is 0. The molecule has 11 heteroatoms. The van der Waals surface area contributed by atoms with Gasteiger partial charge in [-0.05, 0) is 49.8 Å². The summed E-state index contributed by atoms with van der Waals surface area (Å²) in [4.78, 5) is 11.7. The molecule has 0 fully saturated rings. The topological polar surface area (TPSA) is 143 Å². The van der Waals surface area contributed by atoms with E-state index in [1.807, 2.05) is 13.8 Å². The minimum Gasteiger partial charge on any atom is -0.490 e. The first-order valence-corrected chi connectivity index (χ1v) is 16.9. The van der Waals surface area contributed by atoms with Crippen molar-refractivity contribution in [1.29, 1.82) is 5.26 Å². The number of benzene rings is 2. The Hall–Kier alpha value is -3.91. The van der Waals surface area contributed by atoms with E-state index in [2.05, 4.69) is 19.9 Å². The lowest BCUT2D eigenvalue weighted by molar-refractivity contribution is -0.538. The van der Waals surface area contributed by atoms with E-state index in [1.54, 1.807) is 30.3 Å². The van der Waals surface area contributed by atoms with Crippen molar-refractivity contribution in [2.45, 2.75) is 116 Å². The zero-order valence-corrected chi connectivity index (χ0v) is 28.8. The molecule has 47 heavy (non-hydrogen) atoms. The number of rotatable bonds is 22. The molecule has 1 aliphatic heterocycles. The first kappa shape index (κ1) is 37.5. The molecule has 11 nitrogen and oxygen atoms in total. The Kier molecular flexibility index (Phi) is 14.7. The maximum absolute atomic E-state index is 12.2. The van der Waals surface area contributed by atoms with Gasteiger partial charge in [0.2, 0.25) is 23.8 Å². The number of ether oxygens (including phenoxy) is 6. The Morgan fingerprint density at radius 3 is 2.09 bits per heavy atom. The minimum atomic E-state index is -1.38. The molecule has 0 amide bonds. The van der Waals surface area contributed by atoms with Crippen LogP contribution in [0.15, 0.2) is 30.3 Å². The van der Waals surface area contributed by atoms with Gasteiger partial charge >= 0.3 is 0 Å². The van der Waals surface area contributed by atoms with Crippen LogP contribution in [0.3, 0.4) is 0 Å². The van der Waals surface area contributed by atoms with E-state index < -0.39 is 28.8 Å². The molecule has 1 N–H and O–H groups in total. The Morgan fingerprint density at radius 1 is 0.979 bits per heavy atom. The van der Waals surface area contributed by atoms with Crippen LogP contribution in [0.1, 0.15) is 97.5 Å². The Balaban J connectivity index is 2.01. The molecule has 0 spiro atoms. The number of aliphatic hydroxyl groups is 1. The van der Waals surface area contributed by atoms with Gasteiger partial charge in [0, 0.05) is 10.5 Å². The fraction of sp³-hybridized carbons (Fsp3) is 0.639. The van der Waals surface area contributed by atoms with Gasteiger partial charge in [0.15, 0.2) is 23.0 Å². The number of nitriles is 1. The van der Waals surface area contributed by atoms with Crippen LogP contribution in [-0.2, 0) is 5.41 Å². The van der Waals surface area contributed by atoms with Crippen LogP contribution in [0.5, 0.6) is 34.5 Å². The van der Waals surface area contributed by atoms with Crippen LogP contribution in [0.4, 0.5) is 0 Å². The number of nitrogens with zero attached hydrogens (tertiary/aromatic N) is 2. The summed E-state index contributed by atoms with van der Waals surface area (Å²) in [5.74, 6) is 2.29. The van der Waals surface area contributed by atoms with E-state index in [1.165, 1.54) is 14.2 Å². The highest BCUT2D eigenvalue weighted by Gasteiger charge is 2.45. The van der Waals surface area contributed by atoms with Gasteiger partial charge < -0.3 is 33.5 Å². The normalized spacial score (nSPS) is 15.6. The average Bonchev–Trinajstić information content (AvgIpc) is 3.50. The minimum absolute atomic E-state index is 0.0282. The summed E-state index contributed by atoms with van der Waals surface area (Å²) in [5.41, 5.74) is -0.661. The van der Waals surface area contributed by atoms with Crippen molar-refractivity contribution in [2.24, 2.45) is 5.92 Å². The highest BCUT2D eigenvalue weighted by Crippen LogP contribution is 2.53. The molecule has 2 aromatic carbocycles. The Morgan fingerprint density at radius 2 is 1.57 bits per heavy atom. The number of fused-ring (bicyclic) bond motifs is 1. The van der Waals surface area contributed by atoms with E-state index in [-0.39, 0.29) is 25.2 Å². The summed E-state index contributed by atoms with van der Waals surface area (Å²) in [6.07, 6.45) is 3.92. The number of aliphatic hydroxyl groups excluding tert-OH is 1. The van der Waals surface area contributed by atoms with Gasteiger partial charge in [-0.15, -0.1) is 0 Å². The molecule has 0 radical (unpaired) electrons. The number of hydrogen-bond donors (Lipinski definition) is 1. The molecule has 4 unspecified atom stereocenters. The molecule has 0 saturated carbocycles. The molecule has 1 heterocycles. The van der Waals surface area contributed by atoms with Gasteiger partial charge in [-0.1, -0.05) is 71.9 Å². The molecule has 0 bridgehead atoms. The quantitative estimate of drug-likeness (QED) is 0.0764. The van der Waals surface area contributed by atoms with E-state index in [0.29, 0.717) is 59.7 Å². The van der Waals surface area contributed by atoms with E-state index >= 15 is 0 Å². The number of para-hydroxylation sites is 2. The first-order valence-electron chi connectivity index (χ1n) is 16.9. The number of unbranched alkanes of at least 4 members (excludes halogenated alkanes) is 4. The number of methoxy groups -OCH3 is 2. The van der Waals surface area contributed by atoms with E-state index in [4.69, 9.17) is 28.4 Å². The molecule has 4 atom stereocenters. The fourth-order valence-corrected chi connectivity index (χ4v) is 6.04. The van der Waals surface area contributed by atoms with Crippen molar-refractivity contribution >= 4 is 0 Å². The second-order valence-electron chi connectivity index (χ2n) is 12.1. The van der Waals surface area contributed by atoms with Crippen LogP contribution in [0, 0.1) is 27.4 Å².